The van der Waals surface area contributed by atoms with Gasteiger partial charge in [0, 0.05) is 37.7 Å². The highest BCUT2D eigenvalue weighted by Gasteiger charge is 2.16. The molecular formula is C18H20N6O2. The van der Waals surface area contributed by atoms with E-state index in [0.29, 0.717) is 31.3 Å². The van der Waals surface area contributed by atoms with Gasteiger partial charge >= 0.3 is 0 Å². The van der Waals surface area contributed by atoms with Crippen molar-refractivity contribution in [3.8, 4) is 0 Å². The van der Waals surface area contributed by atoms with Gasteiger partial charge in [-0.25, -0.2) is 0 Å². The Morgan fingerprint density at radius 1 is 1.23 bits per heavy atom. The quantitative estimate of drug-likeness (QED) is 0.704. The number of nitrogens with zero attached hydrogens (tertiary/aromatic N) is 5. The molecule has 0 unspecified atom stereocenters. The van der Waals surface area contributed by atoms with Gasteiger partial charge in [-0.15, -0.1) is 10.2 Å². The number of hydrogen-bond donors (Lipinski definition) is 1. The first-order chi connectivity index (χ1) is 12.7. The summed E-state index contributed by atoms with van der Waals surface area (Å²) in [6, 6.07) is 7.29. The van der Waals surface area contributed by atoms with E-state index in [0.717, 1.165) is 36.6 Å². The van der Waals surface area contributed by atoms with Crippen LogP contribution in [0.4, 0.5) is 0 Å². The van der Waals surface area contributed by atoms with Crippen molar-refractivity contribution in [3.63, 3.8) is 0 Å². The number of amides is 1. The number of aromatic nitrogens is 5. The van der Waals surface area contributed by atoms with E-state index in [1.807, 2.05) is 18.2 Å². The topological polar surface area (TPSA) is 94.7 Å². The zero-order valence-electron chi connectivity index (χ0n) is 14.4. The lowest BCUT2D eigenvalue weighted by molar-refractivity contribution is -0.121. The number of fused-ring (bicyclic) bond motifs is 2. The molecule has 1 amide bonds. The lowest BCUT2D eigenvalue weighted by Gasteiger charge is -2.09. The second-order valence-electron chi connectivity index (χ2n) is 6.39. The fraction of sp³-hybridized carbons (Fsp3) is 0.389. The van der Waals surface area contributed by atoms with Gasteiger partial charge in [-0.05, 0) is 18.6 Å². The van der Waals surface area contributed by atoms with Crippen LogP contribution in [0.2, 0.25) is 0 Å². The summed E-state index contributed by atoms with van der Waals surface area (Å²) < 4.78 is 3.84. The molecule has 4 rings (SSSR count). The molecule has 0 bridgehead atoms. The van der Waals surface area contributed by atoms with Crippen molar-refractivity contribution in [1.82, 2.24) is 29.9 Å². The zero-order valence-corrected chi connectivity index (χ0v) is 14.4. The molecule has 8 nitrogen and oxygen atoms in total. The molecule has 2 aromatic heterocycles. The highest BCUT2D eigenvalue weighted by atomic mass is 16.1. The second kappa shape index (κ2) is 7.07. The van der Waals surface area contributed by atoms with Crippen LogP contribution < -0.4 is 10.7 Å². The molecule has 0 atom stereocenters. The maximum Gasteiger partial charge on any atom is 0.221 e. The number of aryl methyl sites for hydroxylation is 2. The number of hydrogen-bond acceptors (Lipinski definition) is 5. The summed E-state index contributed by atoms with van der Waals surface area (Å²) in [5.74, 6) is 1.93. The Balaban J connectivity index is 1.32. The molecule has 1 aliphatic heterocycles. The van der Waals surface area contributed by atoms with Crippen LogP contribution in [0.15, 0.2) is 35.3 Å². The minimum Gasteiger partial charge on any atom is -0.356 e. The Morgan fingerprint density at radius 3 is 3.04 bits per heavy atom. The van der Waals surface area contributed by atoms with E-state index in [2.05, 4.69) is 25.2 Å². The summed E-state index contributed by atoms with van der Waals surface area (Å²) in [4.78, 5) is 24.0. The largest absolute Gasteiger partial charge is 0.356 e. The van der Waals surface area contributed by atoms with Gasteiger partial charge in [0.1, 0.15) is 11.6 Å². The molecule has 0 saturated carbocycles. The predicted octanol–water partition coefficient (Wildman–Crippen LogP) is 0.683. The van der Waals surface area contributed by atoms with Crippen LogP contribution in [0.1, 0.15) is 24.5 Å². The molecule has 26 heavy (non-hydrogen) atoms. The van der Waals surface area contributed by atoms with Crippen LogP contribution in [-0.4, -0.2) is 37.0 Å². The van der Waals surface area contributed by atoms with E-state index in [1.165, 1.54) is 6.20 Å². The number of carbonyl (C=O) groups excluding carboxylic acids is 1. The first kappa shape index (κ1) is 16.4. The maximum atomic E-state index is 12.1. The van der Waals surface area contributed by atoms with Crippen LogP contribution in [-0.2, 0) is 30.7 Å². The summed E-state index contributed by atoms with van der Waals surface area (Å²) in [6.45, 7) is 1.93. The van der Waals surface area contributed by atoms with Gasteiger partial charge < -0.3 is 9.88 Å². The number of rotatable bonds is 6. The van der Waals surface area contributed by atoms with Crippen molar-refractivity contribution in [2.45, 2.75) is 38.8 Å². The number of benzene rings is 1. The highest BCUT2D eigenvalue weighted by Crippen LogP contribution is 2.14. The Kier molecular flexibility index (Phi) is 4.47. The van der Waals surface area contributed by atoms with Crippen LogP contribution in [0.25, 0.3) is 10.9 Å². The monoisotopic (exact) mass is 352 g/mol. The van der Waals surface area contributed by atoms with Crippen LogP contribution in [0.5, 0.6) is 0 Å². The molecule has 1 N–H and O–H groups in total. The van der Waals surface area contributed by atoms with Gasteiger partial charge in [-0.3, -0.25) is 14.3 Å². The van der Waals surface area contributed by atoms with Crippen molar-refractivity contribution < 1.29 is 4.79 Å². The minimum absolute atomic E-state index is 0.0456. The SMILES string of the molecule is O=C(CCn1ncc(=O)c2ccccc21)NCCc1nnc2n1CCC2. The standard InChI is InChI=1S/C18H20N6O2/c25-15-12-20-24(14-5-2-1-4-13(14)15)11-8-18(26)19-9-7-17-22-21-16-6-3-10-23(16)17/h1-2,4-5,12H,3,6-11H2,(H,19,26). The predicted molar refractivity (Wildman–Crippen MR) is 95.7 cm³/mol. The normalized spacial score (nSPS) is 13.1. The Labute approximate surface area is 149 Å². The van der Waals surface area contributed by atoms with Crippen molar-refractivity contribution in [3.05, 3.63) is 52.3 Å². The fourth-order valence-electron chi connectivity index (χ4n) is 3.34. The molecule has 134 valence electrons. The van der Waals surface area contributed by atoms with Crippen LogP contribution in [0.3, 0.4) is 0 Å². The highest BCUT2D eigenvalue weighted by molar-refractivity contribution is 5.79. The minimum atomic E-state index is -0.109. The van der Waals surface area contributed by atoms with Crippen LogP contribution in [0, 0.1) is 0 Å². The molecule has 0 spiro atoms. The van der Waals surface area contributed by atoms with E-state index in [9.17, 15) is 9.59 Å². The smallest absolute Gasteiger partial charge is 0.221 e. The zero-order chi connectivity index (χ0) is 17.9. The van der Waals surface area contributed by atoms with Gasteiger partial charge in [0.2, 0.25) is 11.3 Å². The van der Waals surface area contributed by atoms with Gasteiger partial charge in [0.15, 0.2) is 0 Å². The van der Waals surface area contributed by atoms with Gasteiger partial charge in [-0.1, -0.05) is 12.1 Å². The van der Waals surface area contributed by atoms with E-state index in [1.54, 1.807) is 10.7 Å². The van der Waals surface area contributed by atoms with Gasteiger partial charge in [0.05, 0.1) is 18.3 Å². The lowest BCUT2D eigenvalue weighted by Crippen LogP contribution is -2.27. The average Bonchev–Trinajstić information content (AvgIpc) is 3.26. The summed E-state index contributed by atoms with van der Waals surface area (Å²) in [5.41, 5.74) is 0.633. The van der Waals surface area contributed by atoms with Crippen molar-refractivity contribution >= 4 is 16.8 Å². The number of para-hydroxylation sites is 1. The molecule has 8 heteroatoms. The first-order valence-electron chi connectivity index (χ1n) is 8.85. The molecule has 1 aromatic carbocycles. The van der Waals surface area contributed by atoms with Crippen molar-refractivity contribution in [2.75, 3.05) is 6.54 Å². The Morgan fingerprint density at radius 2 is 2.12 bits per heavy atom. The third-order valence-electron chi connectivity index (χ3n) is 4.67. The average molecular weight is 352 g/mol. The van der Waals surface area contributed by atoms with E-state index >= 15 is 0 Å². The number of carbonyl (C=O) groups is 1. The van der Waals surface area contributed by atoms with Crippen molar-refractivity contribution in [1.29, 1.82) is 0 Å². The van der Waals surface area contributed by atoms with Crippen molar-refractivity contribution in [2.24, 2.45) is 0 Å². The second-order valence-corrected chi connectivity index (χ2v) is 6.39. The third kappa shape index (κ3) is 3.22. The molecule has 3 heterocycles. The summed E-state index contributed by atoms with van der Waals surface area (Å²) in [5, 5.41) is 16.0. The molecular weight excluding hydrogens is 332 g/mol. The summed E-state index contributed by atoms with van der Waals surface area (Å²) in [7, 11) is 0. The Bertz CT molecular complexity index is 1010. The Hall–Kier alpha value is -3.03. The van der Waals surface area contributed by atoms with E-state index in [-0.39, 0.29) is 11.3 Å². The number of nitrogens with one attached hydrogen (secondary N) is 1. The fourth-order valence-corrected chi connectivity index (χ4v) is 3.34. The first-order valence-corrected chi connectivity index (χ1v) is 8.85. The van der Waals surface area contributed by atoms with Crippen LogP contribution >= 0.6 is 0 Å². The van der Waals surface area contributed by atoms with Gasteiger partial charge in [-0.2, -0.15) is 5.10 Å². The van der Waals surface area contributed by atoms with E-state index < -0.39 is 0 Å². The maximum absolute atomic E-state index is 12.1. The van der Waals surface area contributed by atoms with Gasteiger partial charge in [0.25, 0.3) is 0 Å². The molecule has 1 aliphatic rings. The summed E-state index contributed by atoms with van der Waals surface area (Å²) >= 11 is 0. The molecule has 0 radical (unpaired) electrons. The molecule has 0 aliphatic carbocycles. The molecule has 0 fully saturated rings. The molecule has 3 aromatic rings. The third-order valence-corrected chi connectivity index (χ3v) is 4.67. The van der Waals surface area contributed by atoms with E-state index in [4.69, 9.17) is 0 Å². The summed E-state index contributed by atoms with van der Waals surface area (Å²) in [6.07, 6.45) is 4.38. The lowest BCUT2D eigenvalue weighted by atomic mass is 10.2. The molecule has 0 saturated heterocycles.